The third-order valence-corrected chi connectivity index (χ3v) is 3.50. The summed E-state index contributed by atoms with van der Waals surface area (Å²) in [5, 5.41) is 10.5. The van der Waals surface area contributed by atoms with E-state index in [9.17, 15) is 5.11 Å². The van der Waals surface area contributed by atoms with Crippen LogP contribution in [0.4, 0.5) is 0 Å². The Morgan fingerprint density at radius 2 is 1.75 bits per heavy atom. The van der Waals surface area contributed by atoms with Crippen LogP contribution in [0.3, 0.4) is 0 Å². The molecule has 2 rings (SSSR count). The summed E-state index contributed by atoms with van der Waals surface area (Å²) in [5.74, 6) is 0.365. The van der Waals surface area contributed by atoms with E-state index in [1.54, 1.807) is 0 Å². The Morgan fingerprint density at radius 1 is 1.10 bits per heavy atom. The molecule has 0 aliphatic heterocycles. The lowest BCUT2D eigenvalue weighted by Crippen LogP contribution is -2.11. The van der Waals surface area contributed by atoms with E-state index in [4.69, 9.17) is 0 Å². The fraction of sp³-hybridized carbons (Fsp3) is 0.263. The highest BCUT2D eigenvalue weighted by Gasteiger charge is 2.18. The molecule has 2 aromatic rings. The zero-order chi connectivity index (χ0) is 14.8. The largest absolute Gasteiger partial charge is 0.507 e. The summed E-state index contributed by atoms with van der Waals surface area (Å²) in [6.07, 6.45) is 2.51. The quantitative estimate of drug-likeness (QED) is 0.768. The third kappa shape index (κ3) is 2.93. The van der Waals surface area contributed by atoms with Gasteiger partial charge < -0.3 is 5.11 Å². The van der Waals surface area contributed by atoms with Gasteiger partial charge in [0.25, 0.3) is 0 Å². The van der Waals surface area contributed by atoms with Gasteiger partial charge in [0.1, 0.15) is 5.75 Å². The minimum absolute atomic E-state index is 0.0488. The summed E-state index contributed by atoms with van der Waals surface area (Å²) in [4.78, 5) is 0. The highest BCUT2D eigenvalue weighted by Crippen LogP contribution is 2.37. The molecule has 1 N–H and O–H groups in total. The van der Waals surface area contributed by atoms with Crippen LogP contribution in [-0.2, 0) is 11.8 Å². The Morgan fingerprint density at radius 3 is 2.30 bits per heavy atom. The molecule has 0 atom stereocenters. The van der Waals surface area contributed by atoms with Crippen LogP contribution in [0.2, 0.25) is 0 Å². The van der Waals surface area contributed by atoms with Gasteiger partial charge in [0.2, 0.25) is 0 Å². The summed E-state index contributed by atoms with van der Waals surface area (Å²) in [6, 6.07) is 14.2. The lowest BCUT2D eigenvalue weighted by molar-refractivity contribution is 0.470. The molecular weight excluding hydrogens is 244 g/mol. The number of aromatic hydroxyl groups is 1. The van der Waals surface area contributed by atoms with Gasteiger partial charge >= 0.3 is 0 Å². The van der Waals surface area contributed by atoms with Gasteiger partial charge in [-0.3, -0.25) is 0 Å². The number of hydrogen-bond donors (Lipinski definition) is 1. The van der Waals surface area contributed by atoms with Crippen molar-refractivity contribution >= 4 is 0 Å². The van der Waals surface area contributed by atoms with Crippen LogP contribution < -0.4 is 0 Å². The molecule has 0 unspecified atom stereocenters. The number of rotatable bonds is 3. The average Bonchev–Trinajstić information content (AvgIpc) is 2.41. The third-order valence-electron chi connectivity index (χ3n) is 3.50. The van der Waals surface area contributed by atoms with E-state index in [1.807, 2.05) is 36.4 Å². The Balaban J connectivity index is 2.66. The van der Waals surface area contributed by atoms with Crippen LogP contribution in [0.1, 0.15) is 31.9 Å². The molecule has 0 amide bonds. The normalized spacial score (nSPS) is 11.3. The first kappa shape index (κ1) is 14.4. The van der Waals surface area contributed by atoms with Crippen molar-refractivity contribution in [3.05, 3.63) is 66.2 Å². The molecular formula is C19H22O. The van der Waals surface area contributed by atoms with E-state index in [1.165, 1.54) is 5.56 Å². The fourth-order valence-corrected chi connectivity index (χ4v) is 2.28. The summed E-state index contributed by atoms with van der Waals surface area (Å²) in [5.41, 5.74) is 4.15. The predicted molar refractivity (Wildman–Crippen MR) is 86.1 cm³/mol. The molecule has 0 aliphatic carbocycles. The van der Waals surface area contributed by atoms with Gasteiger partial charge in [-0.15, -0.1) is 6.58 Å². The van der Waals surface area contributed by atoms with E-state index in [-0.39, 0.29) is 5.41 Å². The molecule has 0 spiro atoms. The highest BCUT2D eigenvalue weighted by molar-refractivity contribution is 5.73. The van der Waals surface area contributed by atoms with Crippen molar-refractivity contribution < 1.29 is 5.11 Å². The number of phenolic OH excluding ortho intramolecular Hbond substituents is 1. The Kier molecular flexibility index (Phi) is 3.99. The average molecular weight is 266 g/mol. The standard InChI is InChI=1S/C19H22O/c1-5-9-15-12-16(19(2,3)4)13-17(18(15)20)14-10-7-6-8-11-14/h5-8,10-13,20H,1,9H2,2-4H3. The molecule has 2 aromatic carbocycles. The van der Waals surface area contributed by atoms with Crippen molar-refractivity contribution in [1.82, 2.24) is 0 Å². The van der Waals surface area contributed by atoms with Crippen LogP contribution >= 0.6 is 0 Å². The predicted octanol–water partition coefficient (Wildman–Crippen LogP) is 5.09. The van der Waals surface area contributed by atoms with E-state index in [0.29, 0.717) is 12.2 Å². The van der Waals surface area contributed by atoms with Crippen molar-refractivity contribution in [2.24, 2.45) is 0 Å². The molecule has 0 bridgehead atoms. The minimum Gasteiger partial charge on any atom is -0.507 e. The number of hydrogen-bond acceptors (Lipinski definition) is 1. The van der Waals surface area contributed by atoms with Gasteiger partial charge in [-0.2, -0.15) is 0 Å². The molecule has 20 heavy (non-hydrogen) atoms. The molecule has 0 heterocycles. The van der Waals surface area contributed by atoms with Crippen LogP contribution in [0, 0.1) is 0 Å². The molecule has 0 saturated carbocycles. The fourth-order valence-electron chi connectivity index (χ4n) is 2.28. The Bertz CT molecular complexity index is 604. The van der Waals surface area contributed by atoms with E-state index in [2.05, 4.69) is 39.5 Å². The molecule has 0 radical (unpaired) electrons. The van der Waals surface area contributed by atoms with Crippen LogP contribution in [-0.4, -0.2) is 5.11 Å². The monoisotopic (exact) mass is 266 g/mol. The molecule has 104 valence electrons. The summed E-state index contributed by atoms with van der Waals surface area (Å²) >= 11 is 0. The second-order valence-corrected chi connectivity index (χ2v) is 6.14. The van der Waals surface area contributed by atoms with Crippen molar-refractivity contribution in [3.8, 4) is 16.9 Å². The maximum Gasteiger partial charge on any atom is 0.126 e. The van der Waals surface area contributed by atoms with E-state index in [0.717, 1.165) is 16.7 Å². The lowest BCUT2D eigenvalue weighted by atomic mass is 9.83. The lowest BCUT2D eigenvalue weighted by Gasteiger charge is -2.22. The first-order valence-corrected chi connectivity index (χ1v) is 6.96. The SMILES string of the molecule is C=CCc1cc(C(C)(C)C)cc(-c2ccccc2)c1O. The van der Waals surface area contributed by atoms with E-state index >= 15 is 0 Å². The second kappa shape index (κ2) is 5.54. The highest BCUT2D eigenvalue weighted by atomic mass is 16.3. The Hall–Kier alpha value is -2.02. The summed E-state index contributed by atoms with van der Waals surface area (Å²) in [7, 11) is 0. The molecule has 0 fully saturated rings. The smallest absolute Gasteiger partial charge is 0.126 e. The molecule has 0 saturated heterocycles. The van der Waals surface area contributed by atoms with Crippen molar-refractivity contribution in [2.45, 2.75) is 32.6 Å². The topological polar surface area (TPSA) is 20.2 Å². The van der Waals surface area contributed by atoms with Crippen LogP contribution in [0.15, 0.2) is 55.1 Å². The first-order valence-electron chi connectivity index (χ1n) is 6.96. The van der Waals surface area contributed by atoms with Gasteiger partial charge in [-0.05, 0) is 34.6 Å². The summed E-state index contributed by atoms with van der Waals surface area (Å²) in [6.45, 7) is 10.3. The zero-order valence-corrected chi connectivity index (χ0v) is 12.5. The first-order chi connectivity index (χ1) is 9.43. The van der Waals surface area contributed by atoms with Crippen molar-refractivity contribution in [3.63, 3.8) is 0 Å². The minimum atomic E-state index is 0.0488. The Labute approximate surface area is 121 Å². The van der Waals surface area contributed by atoms with Crippen LogP contribution in [0.25, 0.3) is 11.1 Å². The van der Waals surface area contributed by atoms with Gasteiger partial charge in [-0.1, -0.05) is 63.2 Å². The molecule has 1 heteroatoms. The van der Waals surface area contributed by atoms with Crippen molar-refractivity contribution in [1.29, 1.82) is 0 Å². The van der Waals surface area contributed by atoms with Gasteiger partial charge in [0, 0.05) is 5.56 Å². The van der Waals surface area contributed by atoms with Gasteiger partial charge in [0.15, 0.2) is 0 Å². The number of allylic oxidation sites excluding steroid dienone is 1. The van der Waals surface area contributed by atoms with Gasteiger partial charge in [-0.25, -0.2) is 0 Å². The van der Waals surface area contributed by atoms with E-state index < -0.39 is 0 Å². The number of phenols is 1. The number of benzene rings is 2. The maximum absolute atomic E-state index is 10.5. The van der Waals surface area contributed by atoms with Crippen LogP contribution in [0.5, 0.6) is 5.75 Å². The molecule has 0 aromatic heterocycles. The zero-order valence-electron chi connectivity index (χ0n) is 12.5. The second-order valence-electron chi connectivity index (χ2n) is 6.14. The van der Waals surface area contributed by atoms with Crippen molar-refractivity contribution in [2.75, 3.05) is 0 Å². The summed E-state index contributed by atoms with van der Waals surface area (Å²) < 4.78 is 0. The molecule has 1 nitrogen and oxygen atoms in total. The van der Waals surface area contributed by atoms with Gasteiger partial charge in [0.05, 0.1) is 0 Å². The maximum atomic E-state index is 10.5. The molecule has 0 aliphatic rings.